The van der Waals surface area contributed by atoms with Crippen LogP contribution in [0.25, 0.3) is 0 Å². The second-order valence-electron chi connectivity index (χ2n) is 8.29. The molecule has 174 valence electrons. The Kier molecular flexibility index (Phi) is 7.95. The Morgan fingerprint density at radius 1 is 1.18 bits per heavy atom. The van der Waals surface area contributed by atoms with E-state index in [0.717, 1.165) is 53.8 Å². The van der Waals surface area contributed by atoms with Crippen molar-refractivity contribution in [2.45, 2.75) is 25.2 Å². The van der Waals surface area contributed by atoms with Gasteiger partial charge in [0.25, 0.3) is 5.91 Å². The monoisotopic (exact) mass is 499 g/mol. The molecule has 33 heavy (non-hydrogen) atoms. The van der Waals surface area contributed by atoms with Crippen LogP contribution < -0.4 is 15.5 Å². The number of likely N-dealkylation sites (tertiary alicyclic amines) is 1. The molecule has 1 aliphatic rings. The number of thiocarbonyl (C=S) groups is 1. The molecule has 3 aromatic rings. The van der Waals surface area contributed by atoms with Gasteiger partial charge in [-0.1, -0.05) is 6.07 Å². The Bertz CT molecular complexity index is 1050. The lowest BCUT2D eigenvalue weighted by molar-refractivity contribution is 0.0949. The average molecular weight is 500 g/mol. The average Bonchev–Trinajstić information content (AvgIpc) is 3.52. The molecule has 0 saturated carbocycles. The number of aromatic nitrogens is 1. The van der Waals surface area contributed by atoms with Gasteiger partial charge in [0.05, 0.1) is 5.01 Å². The summed E-state index contributed by atoms with van der Waals surface area (Å²) in [6.07, 6.45) is 2.81. The van der Waals surface area contributed by atoms with Gasteiger partial charge in [-0.2, -0.15) is 0 Å². The molecular formula is C24H29N5OS3. The summed E-state index contributed by atoms with van der Waals surface area (Å²) in [6.45, 7) is 2.40. The van der Waals surface area contributed by atoms with E-state index in [1.54, 1.807) is 22.7 Å². The van der Waals surface area contributed by atoms with Gasteiger partial charge < -0.3 is 20.4 Å². The van der Waals surface area contributed by atoms with Crippen LogP contribution in [0.3, 0.4) is 0 Å². The first kappa shape index (κ1) is 23.7. The number of nitrogens with zero attached hydrogens (tertiary/aromatic N) is 3. The second-order valence-corrected chi connectivity index (χ2v) is 10.6. The number of thiazole rings is 1. The van der Waals surface area contributed by atoms with E-state index in [1.165, 1.54) is 4.88 Å². The highest BCUT2D eigenvalue weighted by Gasteiger charge is 2.25. The normalized spacial score (nSPS) is 14.2. The van der Waals surface area contributed by atoms with Crippen LogP contribution in [0.1, 0.15) is 39.1 Å². The number of thiophene rings is 1. The van der Waals surface area contributed by atoms with Gasteiger partial charge in [-0.15, -0.1) is 22.7 Å². The smallest absolute Gasteiger partial charge is 0.270 e. The topological polar surface area (TPSA) is 60.5 Å². The molecule has 6 nitrogen and oxygen atoms in total. The Morgan fingerprint density at radius 2 is 1.94 bits per heavy atom. The van der Waals surface area contributed by atoms with Crippen LogP contribution >= 0.6 is 34.9 Å². The zero-order valence-electron chi connectivity index (χ0n) is 18.9. The molecule has 0 spiro atoms. The van der Waals surface area contributed by atoms with Crippen LogP contribution in [-0.4, -0.2) is 54.6 Å². The van der Waals surface area contributed by atoms with Crippen LogP contribution in [0.4, 0.5) is 11.4 Å². The van der Waals surface area contributed by atoms with Gasteiger partial charge in [-0.05, 0) is 67.2 Å². The summed E-state index contributed by atoms with van der Waals surface area (Å²) in [6, 6.07) is 12.4. The van der Waals surface area contributed by atoms with Crippen molar-refractivity contribution in [3.63, 3.8) is 0 Å². The molecule has 1 saturated heterocycles. The first-order valence-corrected chi connectivity index (χ1v) is 13.3. The molecule has 1 amide bonds. The predicted molar refractivity (Wildman–Crippen MR) is 143 cm³/mol. The highest BCUT2D eigenvalue weighted by Crippen LogP contribution is 2.30. The number of hydrogen-bond acceptors (Lipinski definition) is 6. The molecule has 0 radical (unpaired) electrons. The van der Waals surface area contributed by atoms with Gasteiger partial charge in [0.1, 0.15) is 5.69 Å². The van der Waals surface area contributed by atoms with Crippen molar-refractivity contribution in [1.82, 2.24) is 15.2 Å². The number of carbonyl (C=O) groups excluding carboxylic acids is 1. The maximum Gasteiger partial charge on any atom is 0.270 e. The van der Waals surface area contributed by atoms with Gasteiger partial charge in [0.15, 0.2) is 5.11 Å². The van der Waals surface area contributed by atoms with Crippen molar-refractivity contribution in [1.29, 1.82) is 0 Å². The van der Waals surface area contributed by atoms with Crippen LogP contribution in [0.15, 0.2) is 47.2 Å². The molecule has 0 atom stereocenters. The predicted octanol–water partition coefficient (Wildman–Crippen LogP) is 4.82. The van der Waals surface area contributed by atoms with Crippen molar-refractivity contribution >= 4 is 57.3 Å². The molecule has 4 rings (SSSR count). The largest absolute Gasteiger partial charge is 0.378 e. The fraction of sp³-hybridized carbons (Fsp3) is 0.375. The Morgan fingerprint density at radius 3 is 2.61 bits per heavy atom. The van der Waals surface area contributed by atoms with Crippen LogP contribution in [-0.2, 0) is 6.42 Å². The Balaban J connectivity index is 1.23. The molecule has 2 N–H and O–H groups in total. The van der Waals surface area contributed by atoms with Crippen LogP contribution in [0.5, 0.6) is 0 Å². The van der Waals surface area contributed by atoms with E-state index >= 15 is 0 Å². The number of amides is 1. The minimum absolute atomic E-state index is 0.0860. The molecular weight excluding hydrogens is 470 g/mol. The fourth-order valence-corrected chi connectivity index (χ4v) is 5.78. The summed E-state index contributed by atoms with van der Waals surface area (Å²) in [5, 5.41) is 12.1. The lowest BCUT2D eigenvalue weighted by atomic mass is 9.98. The standard InChI is InChI=1S/C24H29N5OS3/c1-28(2)19-7-5-18(6-8-19)26-24(31)29-13-10-17(11-14-29)23-27-21(16-33-23)22(30)25-12-9-20-4-3-15-32-20/h3-8,15-17H,9-14H2,1-2H3,(H,25,30)(H,26,31). The third-order valence-corrected chi connectivity index (χ3v) is 8.06. The van der Waals surface area contributed by atoms with Gasteiger partial charge >= 0.3 is 0 Å². The summed E-state index contributed by atoms with van der Waals surface area (Å²) in [4.78, 5) is 22.7. The Hall–Kier alpha value is -2.49. The zero-order chi connectivity index (χ0) is 23.2. The molecule has 9 heteroatoms. The van der Waals surface area contributed by atoms with Gasteiger partial charge in [0, 0.05) is 61.3 Å². The highest BCUT2D eigenvalue weighted by atomic mass is 32.1. The first-order valence-electron chi connectivity index (χ1n) is 11.1. The molecule has 1 aromatic carbocycles. The summed E-state index contributed by atoms with van der Waals surface area (Å²) in [5.41, 5.74) is 2.69. The van der Waals surface area contributed by atoms with Crippen molar-refractivity contribution in [2.24, 2.45) is 0 Å². The highest BCUT2D eigenvalue weighted by molar-refractivity contribution is 7.80. The van der Waals surface area contributed by atoms with E-state index in [-0.39, 0.29) is 5.91 Å². The second kappa shape index (κ2) is 11.1. The van der Waals surface area contributed by atoms with Crippen LogP contribution in [0.2, 0.25) is 0 Å². The van der Waals surface area contributed by atoms with E-state index in [0.29, 0.717) is 18.2 Å². The van der Waals surface area contributed by atoms with E-state index in [2.05, 4.69) is 61.1 Å². The lowest BCUT2D eigenvalue weighted by Crippen LogP contribution is -2.40. The molecule has 3 heterocycles. The first-order chi connectivity index (χ1) is 16.0. The molecule has 0 aliphatic carbocycles. The quantitative estimate of drug-likeness (QED) is 0.455. The van der Waals surface area contributed by atoms with Crippen LogP contribution in [0, 0.1) is 0 Å². The minimum atomic E-state index is -0.0860. The third-order valence-electron chi connectivity index (χ3n) is 5.76. The molecule has 1 fully saturated rings. The van der Waals surface area contributed by atoms with Crippen molar-refractivity contribution < 1.29 is 4.79 Å². The third kappa shape index (κ3) is 6.31. The molecule has 0 unspecified atom stereocenters. The number of benzene rings is 1. The molecule has 0 bridgehead atoms. The summed E-state index contributed by atoms with van der Waals surface area (Å²) in [7, 11) is 4.06. The zero-order valence-corrected chi connectivity index (χ0v) is 21.4. The summed E-state index contributed by atoms with van der Waals surface area (Å²) in [5.74, 6) is 0.290. The van der Waals surface area contributed by atoms with E-state index in [1.807, 2.05) is 25.5 Å². The minimum Gasteiger partial charge on any atom is -0.378 e. The number of anilines is 2. The van der Waals surface area contributed by atoms with Gasteiger partial charge in [0.2, 0.25) is 0 Å². The number of piperidine rings is 1. The molecule has 1 aliphatic heterocycles. The maximum absolute atomic E-state index is 12.4. The van der Waals surface area contributed by atoms with Crippen molar-refractivity contribution in [3.05, 3.63) is 62.7 Å². The van der Waals surface area contributed by atoms with E-state index in [9.17, 15) is 4.79 Å². The van der Waals surface area contributed by atoms with Gasteiger partial charge in [-0.3, -0.25) is 4.79 Å². The maximum atomic E-state index is 12.4. The summed E-state index contributed by atoms with van der Waals surface area (Å²) >= 11 is 8.95. The fourth-order valence-electron chi connectivity index (χ4n) is 3.80. The van der Waals surface area contributed by atoms with Crippen molar-refractivity contribution in [3.8, 4) is 0 Å². The summed E-state index contributed by atoms with van der Waals surface area (Å²) < 4.78 is 0. The van der Waals surface area contributed by atoms with Crippen molar-refractivity contribution in [2.75, 3.05) is 43.9 Å². The SMILES string of the molecule is CN(C)c1ccc(NC(=S)N2CCC(c3nc(C(=O)NCCc4cccs4)cs3)CC2)cc1. The number of carbonyl (C=O) groups is 1. The number of nitrogens with one attached hydrogen (secondary N) is 2. The van der Waals surface area contributed by atoms with E-state index < -0.39 is 0 Å². The molecule has 2 aromatic heterocycles. The Labute approximate surface area is 208 Å². The van der Waals surface area contributed by atoms with E-state index in [4.69, 9.17) is 12.2 Å². The number of rotatable bonds is 7. The number of hydrogen-bond donors (Lipinski definition) is 2. The van der Waals surface area contributed by atoms with Gasteiger partial charge in [-0.25, -0.2) is 4.98 Å². The lowest BCUT2D eigenvalue weighted by Gasteiger charge is -2.33.